The lowest BCUT2D eigenvalue weighted by Gasteiger charge is -2.33. The number of amides is 2. The molecule has 2 saturated heterocycles. The Balaban J connectivity index is 1.70. The van der Waals surface area contributed by atoms with Crippen molar-refractivity contribution < 1.29 is 19.5 Å². The number of anilines is 2. The molecule has 2 aliphatic rings. The van der Waals surface area contributed by atoms with Crippen LogP contribution in [-0.4, -0.2) is 23.0 Å². The summed E-state index contributed by atoms with van der Waals surface area (Å²) in [6.07, 6.45) is -0.957. The lowest BCUT2D eigenvalue weighted by Crippen LogP contribution is -2.37. The number of rotatable bonds is 3. The third-order valence-corrected chi connectivity index (χ3v) is 7.83. The molecule has 5 rings (SSSR count). The Bertz CT molecular complexity index is 1360. The van der Waals surface area contributed by atoms with E-state index in [9.17, 15) is 14.7 Å². The molecule has 2 heterocycles. The van der Waals surface area contributed by atoms with E-state index in [-0.39, 0.29) is 28.4 Å². The number of hydrogen-bond acceptors (Lipinski definition) is 5. The third-order valence-electron chi connectivity index (χ3n) is 7.30. The molecule has 0 spiro atoms. The maximum Gasteiger partial charge on any atom is 0.266 e. The van der Waals surface area contributed by atoms with Gasteiger partial charge < -0.3 is 5.11 Å². The van der Waals surface area contributed by atoms with Crippen LogP contribution in [0.5, 0.6) is 5.75 Å². The molecule has 0 saturated carbocycles. The quantitative estimate of drug-likeness (QED) is 0.347. The van der Waals surface area contributed by atoms with Crippen molar-refractivity contribution in [2.45, 2.75) is 64.5 Å². The fourth-order valence-electron chi connectivity index (χ4n) is 5.37. The highest BCUT2D eigenvalue weighted by atomic mass is 79.9. The van der Waals surface area contributed by atoms with Gasteiger partial charge in [-0.3, -0.25) is 14.4 Å². The number of imide groups is 1. The number of phenolic OH excluding ortho intramolecular Hbond substituents is 1. The molecular formula is C31H33BrN2O4. The van der Waals surface area contributed by atoms with Gasteiger partial charge in [-0.15, -0.1) is 0 Å². The highest BCUT2D eigenvalue weighted by molar-refractivity contribution is 9.10. The van der Waals surface area contributed by atoms with Crippen molar-refractivity contribution in [2.75, 3.05) is 9.96 Å². The van der Waals surface area contributed by atoms with Gasteiger partial charge in [0.15, 0.2) is 6.10 Å². The largest absolute Gasteiger partial charge is 0.507 e. The number of benzene rings is 3. The minimum Gasteiger partial charge on any atom is -0.507 e. The Morgan fingerprint density at radius 2 is 1.34 bits per heavy atom. The van der Waals surface area contributed by atoms with Gasteiger partial charge in [0, 0.05) is 4.47 Å². The highest BCUT2D eigenvalue weighted by Crippen LogP contribution is 2.50. The minimum absolute atomic E-state index is 0.265. The van der Waals surface area contributed by atoms with Crippen LogP contribution in [0.3, 0.4) is 0 Å². The Kier molecular flexibility index (Phi) is 6.43. The van der Waals surface area contributed by atoms with Crippen molar-refractivity contribution >= 4 is 39.1 Å². The van der Waals surface area contributed by atoms with E-state index in [0.29, 0.717) is 5.69 Å². The van der Waals surface area contributed by atoms with Crippen LogP contribution >= 0.6 is 15.9 Å². The van der Waals surface area contributed by atoms with E-state index in [2.05, 4.69) is 57.5 Å². The lowest BCUT2D eigenvalue weighted by atomic mass is 9.76. The predicted octanol–water partition coefficient (Wildman–Crippen LogP) is 6.80. The van der Waals surface area contributed by atoms with E-state index in [4.69, 9.17) is 4.84 Å². The van der Waals surface area contributed by atoms with Crippen molar-refractivity contribution in [2.24, 2.45) is 5.92 Å². The van der Waals surface area contributed by atoms with Gasteiger partial charge in [-0.1, -0.05) is 75.7 Å². The molecule has 198 valence electrons. The fourth-order valence-corrected chi connectivity index (χ4v) is 5.63. The summed E-state index contributed by atoms with van der Waals surface area (Å²) in [6.45, 7) is 12.3. The van der Waals surface area contributed by atoms with Gasteiger partial charge in [0.25, 0.3) is 5.91 Å². The molecule has 0 radical (unpaired) electrons. The van der Waals surface area contributed by atoms with Crippen molar-refractivity contribution in [3.63, 3.8) is 0 Å². The number of hydroxylamine groups is 1. The first kappa shape index (κ1) is 26.4. The molecule has 1 N–H and O–H groups in total. The zero-order valence-electron chi connectivity index (χ0n) is 22.5. The van der Waals surface area contributed by atoms with Crippen LogP contribution < -0.4 is 9.96 Å². The molecule has 7 heteroatoms. The number of nitrogens with zero attached hydrogens (tertiary/aromatic N) is 2. The first-order valence-electron chi connectivity index (χ1n) is 12.8. The fraction of sp³-hybridized carbons (Fsp3) is 0.355. The maximum absolute atomic E-state index is 14.0. The summed E-state index contributed by atoms with van der Waals surface area (Å²) >= 11 is 3.42. The SMILES string of the molecule is CC(C)(C)c1cc([C@@H]2[C@@H]3C(=O)N(c4ccc(Br)cc4)C(=O)[C@H]3ON2c2ccccc2)cc(C(C)(C)C)c1O. The number of fused-ring (bicyclic) bond motifs is 1. The summed E-state index contributed by atoms with van der Waals surface area (Å²) in [7, 11) is 0. The van der Waals surface area contributed by atoms with Gasteiger partial charge in [-0.25, -0.2) is 9.96 Å². The van der Waals surface area contributed by atoms with Gasteiger partial charge in [0.1, 0.15) is 11.7 Å². The Labute approximate surface area is 232 Å². The van der Waals surface area contributed by atoms with E-state index in [1.165, 1.54) is 4.90 Å². The Morgan fingerprint density at radius 1 is 0.789 bits per heavy atom. The Hall–Kier alpha value is -3.16. The van der Waals surface area contributed by atoms with E-state index in [1.54, 1.807) is 17.2 Å². The summed E-state index contributed by atoms with van der Waals surface area (Å²) in [4.78, 5) is 35.2. The van der Waals surface area contributed by atoms with E-state index in [1.807, 2.05) is 54.6 Å². The van der Waals surface area contributed by atoms with E-state index < -0.39 is 18.1 Å². The summed E-state index contributed by atoms with van der Waals surface area (Å²) < 4.78 is 0.860. The average Bonchev–Trinajstić information content (AvgIpc) is 3.35. The van der Waals surface area contributed by atoms with Gasteiger partial charge >= 0.3 is 0 Å². The minimum atomic E-state index is -0.957. The molecule has 2 aliphatic heterocycles. The smallest absolute Gasteiger partial charge is 0.266 e. The van der Waals surface area contributed by atoms with Crippen molar-refractivity contribution in [1.29, 1.82) is 0 Å². The number of phenols is 1. The monoisotopic (exact) mass is 576 g/mol. The van der Waals surface area contributed by atoms with Crippen LogP contribution in [0.1, 0.15) is 64.3 Å². The first-order valence-corrected chi connectivity index (χ1v) is 13.6. The number of carbonyl (C=O) groups is 2. The van der Waals surface area contributed by atoms with Gasteiger partial charge in [0.2, 0.25) is 5.91 Å². The molecule has 3 aromatic rings. The molecular weight excluding hydrogens is 544 g/mol. The lowest BCUT2D eigenvalue weighted by molar-refractivity contribution is -0.126. The predicted molar refractivity (Wildman–Crippen MR) is 152 cm³/mol. The van der Waals surface area contributed by atoms with Crippen LogP contribution in [0.15, 0.2) is 71.2 Å². The molecule has 2 amide bonds. The molecule has 0 bridgehead atoms. The average molecular weight is 578 g/mol. The summed E-state index contributed by atoms with van der Waals surface area (Å²) in [5, 5.41) is 13.0. The van der Waals surface area contributed by atoms with Crippen LogP contribution in [0.25, 0.3) is 0 Å². The number of aromatic hydroxyl groups is 1. The normalized spacial score (nSPS) is 21.8. The summed E-state index contributed by atoms with van der Waals surface area (Å²) in [5.41, 5.74) is 2.97. The molecule has 3 aromatic carbocycles. The van der Waals surface area contributed by atoms with Crippen molar-refractivity contribution in [3.8, 4) is 5.75 Å². The second-order valence-electron chi connectivity index (χ2n) is 12.1. The van der Waals surface area contributed by atoms with Crippen LogP contribution in [0, 0.1) is 5.92 Å². The molecule has 2 fully saturated rings. The molecule has 3 atom stereocenters. The number of halogens is 1. The third kappa shape index (κ3) is 4.41. The van der Waals surface area contributed by atoms with Crippen molar-refractivity contribution in [3.05, 3.63) is 87.9 Å². The second kappa shape index (κ2) is 9.24. The van der Waals surface area contributed by atoms with E-state index >= 15 is 0 Å². The molecule has 6 nitrogen and oxygen atoms in total. The van der Waals surface area contributed by atoms with Crippen LogP contribution in [0.2, 0.25) is 0 Å². The molecule has 0 aliphatic carbocycles. The number of hydrogen-bond donors (Lipinski definition) is 1. The number of carbonyl (C=O) groups excluding carboxylic acids is 2. The van der Waals surface area contributed by atoms with Gasteiger partial charge in [-0.05, 0) is 76.1 Å². The number of para-hydroxylation sites is 1. The topological polar surface area (TPSA) is 70.1 Å². The Morgan fingerprint density at radius 3 is 1.87 bits per heavy atom. The maximum atomic E-state index is 14.0. The van der Waals surface area contributed by atoms with Gasteiger partial charge in [-0.2, -0.15) is 0 Å². The molecule has 0 unspecified atom stereocenters. The standard InChI is InChI=1S/C31H33BrN2O4/c1-30(2,3)22-16-18(17-23(26(22)35)31(4,5)6)25-24-27(38-34(25)21-10-8-7-9-11-21)29(37)33(28(24)36)20-14-12-19(32)13-15-20/h7-17,24-25,27,35H,1-6H3/t24-,25+,27-/m0/s1. The first-order chi connectivity index (χ1) is 17.8. The highest BCUT2D eigenvalue weighted by Gasteiger charge is 2.60. The van der Waals surface area contributed by atoms with Crippen LogP contribution in [0.4, 0.5) is 11.4 Å². The second-order valence-corrected chi connectivity index (χ2v) is 13.0. The zero-order valence-corrected chi connectivity index (χ0v) is 24.1. The van der Waals surface area contributed by atoms with Crippen LogP contribution in [-0.2, 0) is 25.3 Å². The summed E-state index contributed by atoms with van der Waals surface area (Å²) in [6, 6.07) is 20.0. The molecule has 0 aromatic heterocycles. The van der Waals surface area contributed by atoms with Crippen molar-refractivity contribution in [1.82, 2.24) is 0 Å². The summed E-state index contributed by atoms with van der Waals surface area (Å²) in [5.74, 6) is -1.16. The van der Waals surface area contributed by atoms with Gasteiger partial charge in [0.05, 0.1) is 17.4 Å². The molecule has 38 heavy (non-hydrogen) atoms. The zero-order chi connectivity index (χ0) is 27.6. The van der Waals surface area contributed by atoms with E-state index in [0.717, 1.165) is 26.9 Å².